The fourth-order valence-corrected chi connectivity index (χ4v) is 3.46. The molecule has 2 aliphatic carbocycles. The van der Waals surface area contributed by atoms with E-state index in [9.17, 15) is 9.59 Å². The molecule has 3 aliphatic rings. The molecule has 1 aliphatic heterocycles. The van der Waals surface area contributed by atoms with Gasteiger partial charge < -0.3 is 0 Å². The number of hydrogen-bond donors (Lipinski definition) is 0. The minimum absolute atomic E-state index is 0.106. The summed E-state index contributed by atoms with van der Waals surface area (Å²) in [6, 6.07) is 5.67. The zero-order valence-electron chi connectivity index (χ0n) is 12.6. The van der Waals surface area contributed by atoms with Gasteiger partial charge in [0.2, 0.25) is 5.91 Å². The number of carbonyl (C=O) groups is 2. The Balaban J connectivity index is 1.61. The minimum Gasteiger partial charge on any atom is -0.278 e. The Morgan fingerprint density at radius 1 is 1.13 bits per heavy atom. The number of allylic oxidation sites excluding steroid dienone is 6. The maximum Gasteiger partial charge on any atom is 0.257 e. The van der Waals surface area contributed by atoms with Crippen molar-refractivity contribution in [1.82, 2.24) is 9.88 Å². The summed E-state index contributed by atoms with van der Waals surface area (Å²) in [4.78, 5) is 31.2. The third kappa shape index (κ3) is 2.27. The van der Waals surface area contributed by atoms with Gasteiger partial charge in [-0.05, 0) is 17.7 Å². The Morgan fingerprint density at radius 2 is 2.04 bits per heavy atom. The van der Waals surface area contributed by atoms with Gasteiger partial charge >= 0.3 is 0 Å². The van der Waals surface area contributed by atoms with Crippen LogP contribution in [0.15, 0.2) is 72.0 Å². The van der Waals surface area contributed by atoms with E-state index in [4.69, 9.17) is 0 Å². The van der Waals surface area contributed by atoms with Crippen molar-refractivity contribution in [3.63, 3.8) is 0 Å². The fraction of sp³-hybridized carbons (Fsp3) is 0.211. The van der Waals surface area contributed by atoms with Gasteiger partial charge in [-0.3, -0.25) is 19.5 Å². The van der Waals surface area contributed by atoms with Crippen molar-refractivity contribution in [2.45, 2.75) is 6.42 Å². The number of carbonyl (C=O) groups excluding carboxylic acids is 2. The zero-order valence-corrected chi connectivity index (χ0v) is 12.6. The van der Waals surface area contributed by atoms with Gasteiger partial charge in [-0.1, -0.05) is 42.5 Å². The number of pyridine rings is 1. The second-order valence-corrected chi connectivity index (χ2v) is 5.90. The highest BCUT2D eigenvalue weighted by Gasteiger charge is 2.45. The molecule has 1 saturated heterocycles. The first-order valence-corrected chi connectivity index (χ1v) is 7.78. The second-order valence-electron chi connectivity index (χ2n) is 5.90. The molecule has 4 heteroatoms. The van der Waals surface area contributed by atoms with Crippen molar-refractivity contribution < 1.29 is 9.59 Å². The molecule has 0 bridgehead atoms. The van der Waals surface area contributed by atoms with Gasteiger partial charge in [0, 0.05) is 36.3 Å². The molecule has 1 aromatic heterocycles. The summed E-state index contributed by atoms with van der Waals surface area (Å²) in [6.45, 7) is 0.367. The lowest BCUT2D eigenvalue weighted by Gasteiger charge is -2.39. The van der Waals surface area contributed by atoms with Crippen LogP contribution in [0.2, 0.25) is 0 Å². The highest BCUT2D eigenvalue weighted by Crippen LogP contribution is 2.41. The number of rotatable bonds is 3. The van der Waals surface area contributed by atoms with Gasteiger partial charge in [-0.2, -0.15) is 0 Å². The normalized spacial score (nSPS) is 25.1. The lowest BCUT2D eigenvalue weighted by molar-refractivity contribution is -0.148. The average Bonchev–Trinajstić information content (AvgIpc) is 2.60. The van der Waals surface area contributed by atoms with E-state index in [0.717, 1.165) is 11.3 Å². The monoisotopic (exact) mass is 304 g/mol. The Morgan fingerprint density at radius 3 is 2.87 bits per heavy atom. The molecule has 0 N–H and O–H groups in total. The first kappa shape index (κ1) is 13.9. The summed E-state index contributed by atoms with van der Waals surface area (Å²) >= 11 is 0. The van der Waals surface area contributed by atoms with Gasteiger partial charge in [0.05, 0.1) is 5.92 Å². The first-order chi connectivity index (χ1) is 11.3. The molecule has 114 valence electrons. The predicted molar refractivity (Wildman–Crippen MR) is 86.1 cm³/mol. The van der Waals surface area contributed by atoms with Crippen molar-refractivity contribution in [3.8, 4) is 0 Å². The number of aromatic nitrogens is 1. The van der Waals surface area contributed by atoms with Crippen LogP contribution in [0.1, 0.15) is 5.69 Å². The fourth-order valence-electron chi connectivity index (χ4n) is 3.46. The summed E-state index contributed by atoms with van der Waals surface area (Å²) in [6.07, 6.45) is 13.8. The van der Waals surface area contributed by atoms with E-state index in [0.29, 0.717) is 18.5 Å². The number of piperidine rings is 1. The van der Waals surface area contributed by atoms with Crippen molar-refractivity contribution in [3.05, 3.63) is 77.7 Å². The van der Waals surface area contributed by atoms with Gasteiger partial charge in [0.15, 0.2) is 0 Å². The predicted octanol–water partition coefficient (Wildman–Crippen LogP) is 2.22. The van der Waals surface area contributed by atoms with Crippen molar-refractivity contribution in [2.24, 2.45) is 11.8 Å². The Labute approximate surface area is 134 Å². The van der Waals surface area contributed by atoms with Crippen LogP contribution in [0.3, 0.4) is 0 Å². The molecule has 2 amide bonds. The van der Waals surface area contributed by atoms with Crippen LogP contribution >= 0.6 is 0 Å². The Kier molecular flexibility index (Phi) is 3.30. The molecule has 2 unspecified atom stereocenters. The molecular weight excluding hydrogens is 288 g/mol. The van der Waals surface area contributed by atoms with Gasteiger partial charge in [0.25, 0.3) is 5.91 Å². The van der Waals surface area contributed by atoms with E-state index >= 15 is 0 Å². The van der Waals surface area contributed by atoms with Crippen molar-refractivity contribution >= 4 is 11.8 Å². The molecule has 1 aromatic rings. The number of hydrogen-bond acceptors (Lipinski definition) is 3. The van der Waals surface area contributed by atoms with Crippen molar-refractivity contribution in [1.29, 1.82) is 0 Å². The standard InChI is InChI=1S/C19H16N2O2/c22-18-15-8-3-5-13-6-4-9-16(17(13)15)19(23)21(18)12-10-14-7-1-2-11-20-14/h1-9,11,15,17H,10,12H2. The molecule has 23 heavy (non-hydrogen) atoms. The van der Waals surface area contributed by atoms with Crippen LogP contribution in [0.5, 0.6) is 0 Å². The topological polar surface area (TPSA) is 50.3 Å². The highest BCUT2D eigenvalue weighted by atomic mass is 16.2. The second kappa shape index (κ2) is 5.47. The summed E-state index contributed by atoms with van der Waals surface area (Å²) < 4.78 is 0. The summed E-state index contributed by atoms with van der Waals surface area (Å²) in [5, 5.41) is 0. The molecule has 4 nitrogen and oxygen atoms in total. The van der Waals surface area contributed by atoms with Crippen LogP contribution in [0.25, 0.3) is 0 Å². The van der Waals surface area contributed by atoms with Crippen LogP contribution < -0.4 is 0 Å². The van der Waals surface area contributed by atoms with Crippen molar-refractivity contribution in [2.75, 3.05) is 6.54 Å². The molecule has 0 aromatic carbocycles. The number of amides is 2. The third-order valence-electron chi connectivity index (χ3n) is 4.59. The molecule has 1 fully saturated rings. The molecule has 2 atom stereocenters. The number of imide groups is 1. The quantitative estimate of drug-likeness (QED) is 0.805. The number of nitrogens with zero attached hydrogens (tertiary/aromatic N) is 2. The van der Waals surface area contributed by atoms with Gasteiger partial charge in [-0.15, -0.1) is 0 Å². The smallest absolute Gasteiger partial charge is 0.257 e. The minimum atomic E-state index is -0.271. The Hall–Kier alpha value is -2.75. The van der Waals surface area contributed by atoms with Crippen LogP contribution in [-0.4, -0.2) is 28.2 Å². The average molecular weight is 304 g/mol. The maximum absolute atomic E-state index is 12.8. The van der Waals surface area contributed by atoms with Gasteiger partial charge in [-0.25, -0.2) is 0 Å². The first-order valence-electron chi connectivity index (χ1n) is 7.78. The molecule has 4 rings (SSSR count). The Bertz CT molecular complexity index is 787. The zero-order chi connectivity index (χ0) is 15.8. The number of likely N-dealkylation sites (tertiary alicyclic amines) is 1. The molecule has 2 heterocycles. The summed E-state index contributed by atoms with van der Waals surface area (Å²) in [7, 11) is 0. The lowest BCUT2D eigenvalue weighted by atomic mass is 9.71. The SMILES string of the molecule is O=C1C2=CC=CC3=CC=CC(C(=O)N1CCc1ccccn1)C32. The van der Waals surface area contributed by atoms with E-state index in [2.05, 4.69) is 4.98 Å². The van der Waals surface area contributed by atoms with E-state index < -0.39 is 0 Å². The maximum atomic E-state index is 12.8. The van der Waals surface area contributed by atoms with Gasteiger partial charge in [0.1, 0.15) is 0 Å². The molecule has 0 saturated carbocycles. The largest absolute Gasteiger partial charge is 0.278 e. The van der Waals surface area contributed by atoms with Crippen LogP contribution in [0, 0.1) is 11.8 Å². The van der Waals surface area contributed by atoms with Crippen LogP contribution in [-0.2, 0) is 16.0 Å². The molecule has 0 spiro atoms. The highest BCUT2D eigenvalue weighted by molar-refractivity contribution is 6.10. The lowest BCUT2D eigenvalue weighted by Crippen LogP contribution is -2.51. The molecule has 0 radical (unpaired) electrons. The van der Waals surface area contributed by atoms with E-state index in [1.54, 1.807) is 6.20 Å². The van der Waals surface area contributed by atoms with E-state index in [1.165, 1.54) is 4.90 Å². The third-order valence-corrected chi connectivity index (χ3v) is 4.59. The van der Waals surface area contributed by atoms with Crippen LogP contribution in [0.4, 0.5) is 0 Å². The van der Waals surface area contributed by atoms with E-state index in [1.807, 2.05) is 54.7 Å². The van der Waals surface area contributed by atoms with E-state index in [-0.39, 0.29) is 23.7 Å². The summed E-state index contributed by atoms with van der Waals surface area (Å²) in [5.74, 6) is -0.660. The summed E-state index contributed by atoms with van der Waals surface area (Å²) in [5.41, 5.74) is 2.64. The molecular formula is C19H16N2O2.